The molecule has 2 heterocycles. The van der Waals surface area contributed by atoms with Crippen LogP contribution in [0.3, 0.4) is 0 Å². The SMILES string of the molecule is Cc1nc(-c2cc([C@@H](C)c3ccc(C(F)(F)F)cc3F)ncn2)cc(=O)[nH]1. The van der Waals surface area contributed by atoms with Gasteiger partial charge in [-0.15, -0.1) is 0 Å². The Morgan fingerprint density at radius 3 is 2.44 bits per heavy atom. The van der Waals surface area contributed by atoms with Gasteiger partial charge < -0.3 is 4.98 Å². The van der Waals surface area contributed by atoms with E-state index in [9.17, 15) is 22.4 Å². The van der Waals surface area contributed by atoms with Gasteiger partial charge in [-0.1, -0.05) is 13.0 Å². The van der Waals surface area contributed by atoms with Crippen molar-refractivity contribution < 1.29 is 17.6 Å². The summed E-state index contributed by atoms with van der Waals surface area (Å²) in [7, 11) is 0. The maximum atomic E-state index is 14.2. The van der Waals surface area contributed by atoms with E-state index < -0.39 is 23.5 Å². The summed E-state index contributed by atoms with van der Waals surface area (Å²) in [5.74, 6) is -1.20. The van der Waals surface area contributed by atoms with Crippen molar-refractivity contribution in [3.63, 3.8) is 0 Å². The molecule has 1 atom stereocenters. The molecule has 0 aliphatic carbocycles. The first-order valence-corrected chi connectivity index (χ1v) is 7.92. The van der Waals surface area contributed by atoms with Gasteiger partial charge in [0.05, 0.1) is 22.6 Å². The Kier molecular flexibility index (Phi) is 4.77. The van der Waals surface area contributed by atoms with Crippen molar-refractivity contribution in [2.24, 2.45) is 0 Å². The number of nitrogens with zero attached hydrogens (tertiary/aromatic N) is 3. The number of rotatable bonds is 3. The third kappa shape index (κ3) is 4.02. The van der Waals surface area contributed by atoms with Gasteiger partial charge in [-0.2, -0.15) is 13.2 Å². The van der Waals surface area contributed by atoms with E-state index in [0.29, 0.717) is 29.0 Å². The predicted molar refractivity (Wildman–Crippen MR) is 89.5 cm³/mol. The van der Waals surface area contributed by atoms with Gasteiger partial charge >= 0.3 is 6.18 Å². The fraction of sp³-hybridized carbons (Fsp3) is 0.222. The number of alkyl halides is 3. The van der Waals surface area contributed by atoms with Crippen LogP contribution in [0.2, 0.25) is 0 Å². The Labute approximate surface area is 151 Å². The summed E-state index contributed by atoms with van der Waals surface area (Å²) in [6.07, 6.45) is -3.38. The van der Waals surface area contributed by atoms with Crippen molar-refractivity contribution >= 4 is 0 Å². The molecule has 0 spiro atoms. The molecule has 1 N–H and O–H groups in total. The largest absolute Gasteiger partial charge is 0.416 e. The lowest BCUT2D eigenvalue weighted by Crippen LogP contribution is -2.10. The Balaban J connectivity index is 1.99. The molecule has 0 saturated carbocycles. The van der Waals surface area contributed by atoms with Crippen LogP contribution in [-0.4, -0.2) is 19.9 Å². The van der Waals surface area contributed by atoms with Crippen molar-refractivity contribution in [2.75, 3.05) is 0 Å². The summed E-state index contributed by atoms with van der Waals surface area (Å²) >= 11 is 0. The van der Waals surface area contributed by atoms with E-state index in [1.165, 1.54) is 18.5 Å². The summed E-state index contributed by atoms with van der Waals surface area (Å²) < 4.78 is 52.4. The van der Waals surface area contributed by atoms with Crippen LogP contribution < -0.4 is 5.56 Å². The van der Waals surface area contributed by atoms with E-state index in [0.717, 1.165) is 12.1 Å². The molecule has 3 rings (SSSR count). The molecule has 2 aromatic heterocycles. The first-order valence-electron chi connectivity index (χ1n) is 7.92. The Morgan fingerprint density at radius 1 is 1.07 bits per heavy atom. The Bertz CT molecular complexity index is 1050. The average Bonchev–Trinajstić information content (AvgIpc) is 2.59. The number of hydrogen-bond acceptors (Lipinski definition) is 4. The van der Waals surface area contributed by atoms with Crippen LogP contribution in [0.15, 0.2) is 41.5 Å². The van der Waals surface area contributed by atoms with Crippen molar-refractivity contribution in [1.29, 1.82) is 0 Å². The monoisotopic (exact) mass is 378 g/mol. The highest BCUT2D eigenvalue weighted by molar-refractivity contribution is 5.54. The molecule has 0 aliphatic heterocycles. The second kappa shape index (κ2) is 6.90. The maximum Gasteiger partial charge on any atom is 0.416 e. The standard InChI is InChI=1S/C18H14F4N4O/c1-9(12-4-3-11(5-13(12)19)18(20,21)22)14-6-15(24-8-23-14)16-7-17(27)26-10(2)25-16/h3-9H,1-2H3,(H,25,26,27)/t9-/m0/s1. The number of hydrogen-bond donors (Lipinski definition) is 1. The fourth-order valence-corrected chi connectivity index (χ4v) is 2.67. The zero-order valence-electron chi connectivity index (χ0n) is 14.3. The van der Waals surface area contributed by atoms with Gasteiger partial charge in [-0.3, -0.25) is 4.79 Å². The van der Waals surface area contributed by atoms with Crippen LogP contribution in [0.4, 0.5) is 17.6 Å². The van der Waals surface area contributed by atoms with E-state index in [2.05, 4.69) is 19.9 Å². The van der Waals surface area contributed by atoms with Gasteiger partial charge in [0.25, 0.3) is 5.56 Å². The topological polar surface area (TPSA) is 71.5 Å². The Morgan fingerprint density at radius 2 is 1.81 bits per heavy atom. The minimum absolute atomic E-state index is 0.0719. The molecule has 0 aliphatic rings. The van der Waals surface area contributed by atoms with Crippen LogP contribution in [0.1, 0.15) is 35.5 Å². The zero-order valence-corrected chi connectivity index (χ0v) is 14.3. The van der Waals surface area contributed by atoms with E-state index >= 15 is 0 Å². The Hall–Kier alpha value is -3.10. The lowest BCUT2D eigenvalue weighted by Gasteiger charge is -2.15. The molecule has 0 saturated heterocycles. The second-order valence-corrected chi connectivity index (χ2v) is 6.00. The smallest absolute Gasteiger partial charge is 0.311 e. The highest BCUT2D eigenvalue weighted by atomic mass is 19.4. The number of aryl methyl sites for hydroxylation is 1. The predicted octanol–water partition coefficient (Wildman–Crippen LogP) is 3.85. The summed E-state index contributed by atoms with van der Waals surface area (Å²) in [5, 5.41) is 0. The quantitative estimate of drug-likeness (QED) is 0.703. The summed E-state index contributed by atoms with van der Waals surface area (Å²) in [4.78, 5) is 26.5. The van der Waals surface area contributed by atoms with Gasteiger partial charge in [-0.05, 0) is 30.7 Å². The van der Waals surface area contributed by atoms with Crippen LogP contribution in [0.5, 0.6) is 0 Å². The van der Waals surface area contributed by atoms with Gasteiger partial charge in [0, 0.05) is 12.0 Å². The molecule has 0 fully saturated rings. The van der Waals surface area contributed by atoms with Crippen LogP contribution >= 0.6 is 0 Å². The number of nitrogens with one attached hydrogen (secondary N) is 1. The third-order valence-electron chi connectivity index (χ3n) is 4.05. The number of benzene rings is 1. The highest BCUT2D eigenvalue weighted by Crippen LogP contribution is 2.33. The van der Waals surface area contributed by atoms with E-state index in [1.807, 2.05) is 0 Å². The molecule has 0 unspecified atom stereocenters. The zero-order chi connectivity index (χ0) is 19.8. The van der Waals surface area contributed by atoms with Crippen LogP contribution in [0.25, 0.3) is 11.4 Å². The fourth-order valence-electron chi connectivity index (χ4n) is 2.67. The van der Waals surface area contributed by atoms with E-state index in [4.69, 9.17) is 0 Å². The van der Waals surface area contributed by atoms with E-state index in [1.54, 1.807) is 13.8 Å². The second-order valence-electron chi connectivity index (χ2n) is 6.00. The molecule has 0 bridgehead atoms. The van der Waals surface area contributed by atoms with Gasteiger partial charge in [-0.25, -0.2) is 19.3 Å². The number of aromatic nitrogens is 4. The summed E-state index contributed by atoms with van der Waals surface area (Å²) in [6.45, 7) is 3.24. The lowest BCUT2D eigenvalue weighted by atomic mass is 9.95. The van der Waals surface area contributed by atoms with Crippen LogP contribution in [0, 0.1) is 12.7 Å². The highest BCUT2D eigenvalue weighted by Gasteiger charge is 2.31. The molecule has 5 nitrogen and oxygen atoms in total. The molecule has 1 aromatic carbocycles. The van der Waals surface area contributed by atoms with Gasteiger partial charge in [0.15, 0.2) is 0 Å². The molecular formula is C18H14F4N4O. The van der Waals surface area contributed by atoms with Crippen molar-refractivity contribution in [2.45, 2.75) is 25.9 Å². The first kappa shape index (κ1) is 18.7. The molecule has 140 valence electrons. The minimum atomic E-state index is -4.62. The molecule has 9 heteroatoms. The molecule has 0 amide bonds. The third-order valence-corrected chi connectivity index (χ3v) is 4.05. The first-order chi connectivity index (χ1) is 12.6. The van der Waals surface area contributed by atoms with Crippen molar-refractivity contribution in [3.8, 4) is 11.4 Å². The summed E-state index contributed by atoms with van der Waals surface area (Å²) in [5.41, 5.74) is -0.267. The number of halogens is 4. The van der Waals surface area contributed by atoms with Crippen molar-refractivity contribution in [1.82, 2.24) is 19.9 Å². The number of aromatic amines is 1. The molecular weight excluding hydrogens is 364 g/mol. The van der Waals surface area contributed by atoms with Crippen molar-refractivity contribution in [3.05, 3.63) is 75.5 Å². The minimum Gasteiger partial charge on any atom is -0.311 e. The van der Waals surface area contributed by atoms with Gasteiger partial charge in [0.2, 0.25) is 0 Å². The molecule has 27 heavy (non-hydrogen) atoms. The molecule has 0 radical (unpaired) electrons. The van der Waals surface area contributed by atoms with Gasteiger partial charge in [0.1, 0.15) is 18.0 Å². The molecule has 3 aromatic rings. The maximum absolute atomic E-state index is 14.2. The van der Waals surface area contributed by atoms with Crippen LogP contribution in [-0.2, 0) is 6.18 Å². The number of H-pyrrole nitrogens is 1. The summed E-state index contributed by atoms with van der Waals surface area (Å²) in [6, 6.07) is 5.19. The van der Waals surface area contributed by atoms with E-state index in [-0.39, 0.29) is 11.1 Å². The normalized spacial score (nSPS) is 12.8. The lowest BCUT2D eigenvalue weighted by molar-refractivity contribution is -0.137. The average molecular weight is 378 g/mol.